The van der Waals surface area contributed by atoms with Crippen molar-refractivity contribution in [3.63, 3.8) is 0 Å². The Morgan fingerprint density at radius 1 is 0.231 bits per heavy atom. The Morgan fingerprint density at radius 2 is 0.529 bits per heavy atom. The van der Waals surface area contributed by atoms with E-state index >= 15 is 0 Å². The number of benzene rings is 9. The van der Waals surface area contributed by atoms with Gasteiger partial charge in [-0.25, -0.2) is 0 Å². The van der Waals surface area contributed by atoms with Gasteiger partial charge in [-0.3, -0.25) is 0 Å². The summed E-state index contributed by atoms with van der Waals surface area (Å²) in [5.41, 5.74) is 32.6. The zero-order valence-electron chi connectivity index (χ0n) is 72.6. The van der Waals surface area contributed by atoms with Crippen LogP contribution in [0.15, 0.2) is 176 Å². The smallest absolute Gasteiger partial charge is 0.0656 e. The van der Waals surface area contributed by atoms with Gasteiger partial charge < -0.3 is 0 Å². The molecule has 9 aromatic rings. The Balaban J connectivity index is 0.000000317. The van der Waals surface area contributed by atoms with E-state index in [-0.39, 0.29) is 10.8 Å². The van der Waals surface area contributed by atoms with E-state index in [9.17, 15) is 0 Å². The number of hydrogen-bond donors (Lipinski definition) is 0. The third-order valence-corrected chi connectivity index (χ3v) is 27.7. The van der Waals surface area contributed by atoms with Gasteiger partial charge in [0.25, 0.3) is 0 Å². The van der Waals surface area contributed by atoms with Gasteiger partial charge in [-0.2, -0.15) is 0 Å². The van der Waals surface area contributed by atoms with Crippen molar-refractivity contribution in [3.05, 3.63) is 287 Å². The molecule has 0 atom stereocenters. The first-order valence-electron chi connectivity index (χ1n) is 40.9. The summed E-state index contributed by atoms with van der Waals surface area (Å²) in [7, 11) is -3.59. The van der Waals surface area contributed by atoms with Gasteiger partial charge in [0.15, 0.2) is 0 Å². The molecule has 0 heterocycles. The van der Waals surface area contributed by atoms with Gasteiger partial charge in [0.1, 0.15) is 0 Å². The Bertz CT molecular complexity index is 3840. The summed E-state index contributed by atoms with van der Waals surface area (Å²) in [6, 6.07) is 65.7. The highest BCUT2D eigenvalue weighted by Crippen LogP contribution is 2.33. The van der Waals surface area contributed by atoms with Gasteiger partial charge in [-0.05, 0) is 233 Å². The molecule has 0 saturated carbocycles. The molecule has 0 fully saturated rings. The van der Waals surface area contributed by atoms with Gasteiger partial charge >= 0.3 is 0 Å². The van der Waals surface area contributed by atoms with Crippen LogP contribution in [0.2, 0.25) is 58.9 Å². The minimum absolute atomic E-state index is 0.0669. The summed E-state index contributed by atoms with van der Waals surface area (Å²) in [6.07, 6.45) is 16.1. The van der Waals surface area contributed by atoms with Crippen molar-refractivity contribution in [2.24, 2.45) is 0 Å². The molecule has 0 saturated heterocycles. The molecule has 0 aliphatic rings. The van der Waals surface area contributed by atoms with E-state index < -0.39 is 24.2 Å². The topological polar surface area (TPSA) is 0 Å². The first kappa shape index (κ1) is 91.8. The van der Waals surface area contributed by atoms with Crippen molar-refractivity contribution in [1.82, 2.24) is 0 Å². The van der Waals surface area contributed by atoms with Crippen LogP contribution in [-0.2, 0) is 101 Å². The molecule has 0 aliphatic heterocycles. The fourth-order valence-corrected chi connectivity index (χ4v) is 20.4. The largest absolute Gasteiger partial charge is 0.0776 e. The number of hydrogen-bond acceptors (Lipinski definition) is 0. The lowest BCUT2D eigenvalue weighted by molar-refractivity contribution is 0.589. The Hall–Kier alpha value is -6.37. The van der Waals surface area contributed by atoms with E-state index in [0.29, 0.717) is 0 Å². The van der Waals surface area contributed by atoms with Crippen LogP contribution >= 0.6 is 0 Å². The number of rotatable bonds is 20. The van der Waals surface area contributed by atoms with Crippen molar-refractivity contribution in [3.8, 4) is 11.1 Å². The van der Waals surface area contributed by atoms with E-state index in [1.165, 1.54) is 125 Å². The minimum atomic E-state index is -1.24. The Kier molecular flexibility index (Phi) is 38.9. The summed E-state index contributed by atoms with van der Waals surface area (Å²) >= 11 is 0. The molecule has 0 aromatic heterocycles. The van der Waals surface area contributed by atoms with E-state index in [1.807, 2.05) is 0 Å². The second-order valence-corrected chi connectivity index (χ2v) is 48.5. The van der Waals surface area contributed by atoms with E-state index in [2.05, 4.69) is 387 Å². The normalized spacial score (nSPS) is 11.4. The summed E-state index contributed by atoms with van der Waals surface area (Å²) in [5, 5.41) is 5.03. The summed E-state index contributed by atoms with van der Waals surface area (Å²) in [5.74, 6) is 0. The molecule has 0 amide bonds. The molecule has 9 aromatic carbocycles. The SMILES string of the molecule is CCc1cc(C)c(C)cc1CC.CCc1cc([Si](C)(C)C)c([Si](C)(C)C)cc1CC.CCc1ccc(-c2ccccc2)cc1CC.CCc1ccc(C(C)(C)C)cc1CC.CCc1ccc(C(C)(C)c2ccccc2)cc1CC.CCc1ccc(C)cc1CC.CCc1ccc([Si](C)(C)C)cc1CC. The van der Waals surface area contributed by atoms with Gasteiger partial charge in [0.05, 0.1) is 24.2 Å². The van der Waals surface area contributed by atoms with E-state index in [4.69, 9.17) is 0 Å². The van der Waals surface area contributed by atoms with Gasteiger partial charge in [0, 0.05) is 5.41 Å². The standard InChI is InChI=1S/C19H24.C16H30Si2.C16H18.C14H22.C13H22Si.C12H18.C11H16/c1-5-15-12-13-18(14-16(15)6-2)19(3,4)17-10-8-7-9-11-17;1-9-13-11-15(17(3,4)5)16(18(6,7)8)12-14(13)10-2;1-3-13-10-11-16(12-14(13)4-2)15-8-6-5-7-9-15;2*1-6-11-8-9-13(14(3,4)5)10-12(11)7-2;1-5-11-7-9(3)10(4)8-12(11)6-2;1-4-10-7-6-9(3)8-11(10)5-2/h7-14H,5-6H2,1-4H3;11-12H,9-10H2,1-8H3;5-12H,3-4H2,1-2H3;2*8-10H,6-7H2,1-5H3;7-8H,5-6H2,1-4H3;6-8H,4-5H2,1-3H3. The predicted octanol–water partition coefficient (Wildman–Crippen LogP) is 27.5. The van der Waals surface area contributed by atoms with Crippen molar-refractivity contribution in [2.75, 3.05) is 0 Å². The highest BCUT2D eigenvalue weighted by molar-refractivity contribution is 6.98. The zero-order chi connectivity index (χ0) is 78.3. The van der Waals surface area contributed by atoms with Crippen LogP contribution in [0.1, 0.15) is 243 Å². The highest BCUT2D eigenvalue weighted by atomic mass is 28.3. The van der Waals surface area contributed by atoms with Gasteiger partial charge in [0.2, 0.25) is 0 Å². The second kappa shape index (κ2) is 44.1. The Morgan fingerprint density at radius 3 is 0.894 bits per heavy atom. The first-order chi connectivity index (χ1) is 49.0. The van der Waals surface area contributed by atoms with Crippen LogP contribution in [0.25, 0.3) is 11.1 Å². The average Bonchev–Trinajstić information content (AvgIpc) is 0.765. The zero-order valence-corrected chi connectivity index (χ0v) is 75.6. The second-order valence-electron chi connectivity index (χ2n) is 33.4. The maximum absolute atomic E-state index is 2.55. The fourth-order valence-electron chi connectivity index (χ4n) is 14.0. The van der Waals surface area contributed by atoms with Crippen LogP contribution in [0.3, 0.4) is 0 Å². The third kappa shape index (κ3) is 28.1. The molecular weight excluding hydrogens is 1300 g/mol. The molecule has 9 rings (SSSR count). The quantitative estimate of drug-likeness (QED) is 0.0667. The van der Waals surface area contributed by atoms with Gasteiger partial charge in [-0.15, -0.1) is 0 Å². The van der Waals surface area contributed by atoms with Crippen LogP contribution in [0.5, 0.6) is 0 Å². The van der Waals surface area contributed by atoms with Crippen LogP contribution < -0.4 is 15.6 Å². The van der Waals surface area contributed by atoms with E-state index in [0.717, 1.165) is 70.6 Å². The molecule has 0 N–H and O–H groups in total. The van der Waals surface area contributed by atoms with Crippen molar-refractivity contribution in [2.45, 2.75) is 312 Å². The summed E-state index contributed by atoms with van der Waals surface area (Å²) < 4.78 is 0. The average molecular weight is 1450 g/mol. The fraction of sp³-hybridized carbons (Fsp3) is 0.465. The molecule has 104 heavy (non-hydrogen) atoms. The lowest BCUT2D eigenvalue weighted by Gasteiger charge is -2.30. The van der Waals surface area contributed by atoms with Crippen molar-refractivity contribution >= 4 is 39.8 Å². The van der Waals surface area contributed by atoms with Crippen LogP contribution in [0.4, 0.5) is 0 Å². The Labute approximate surface area is 645 Å². The molecule has 0 nitrogen and oxygen atoms in total. The molecule has 3 heteroatoms. The molecule has 0 unspecified atom stereocenters. The summed E-state index contributed by atoms with van der Waals surface area (Å²) in [6.45, 7) is 71.4. The molecular formula is C101H150Si3. The molecule has 0 radical (unpaired) electrons. The monoisotopic (exact) mass is 1450 g/mol. The van der Waals surface area contributed by atoms with Crippen LogP contribution in [0, 0.1) is 20.8 Å². The molecule has 0 bridgehead atoms. The minimum Gasteiger partial charge on any atom is -0.0656 e. The predicted molar refractivity (Wildman–Crippen MR) is 482 cm³/mol. The molecule has 566 valence electrons. The lowest BCUT2D eigenvalue weighted by Crippen LogP contribution is -2.56. The third-order valence-electron chi connectivity index (χ3n) is 21.3. The molecule has 0 spiro atoms. The maximum atomic E-state index is 2.55. The lowest BCUT2D eigenvalue weighted by atomic mass is 9.77. The maximum Gasteiger partial charge on any atom is 0.0776 e. The highest BCUT2D eigenvalue weighted by Gasteiger charge is 2.29. The first-order valence-corrected chi connectivity index (χ1v) is 51.4. The van der Waals surface area contributed by atoms with Gasteiger partial charge in [-0.1, -0.05) is 388 Å². The van der Waals surface area contributed by atoms with Crippen molar-refractivity contribution in [1.29, 1.82) is 0 Å². The van der Waals surface area contributed by atoms with E-state index in [1.54, 1.807) is 32.3 Å². The van der Waals surface area contributed by atoms with Crippen molar-refractivity contribution < 1.29 is 0 Å². The summed E-state index contributed by atoms with van der Waals surface area (Å²) in [4.78, 5) is 0. The molecule has 0 aliphatic carbocycles. The van der Waals surface area contributed by atoms with Crippen LogP contribution in [-0.4, -0.2) is 24.2 Å². The number of aryl methyl sites for hydroxylation is 17.